The molecule has 0 aliphatic heterocycles. The lowest BCUT2D eigenvalue weighted by Crippen LogP contribution is -2.42. The topological polar surface area (TPSA) is 18.5 Å². The van der Waals surface area contributed by atoms with Crippen molar-refractivity contribution in [3.8, 4) is 23.7 Å². The molecule has 0 aromatic carbocycles. The maximum absolute atomic E-state index is 6.31. The summed E-state index contributed by atoms with van der Waals surface area (Å²) in [6, 6.07) is 0. The maximum atomic E-state index is 6.31. The molecule has 0 saturated carbocycles. The Morgan fingerprint density at radius 1 is 1.04 bits per heavy atom. The van der Waals surface area contributed by atoms with Crippen molar-refractivity contribution in [2.75, 3.05) is 13.7 Å². The van der Waals surface area contributed by atoms with Crippen molar-refractivity contribution in [2.45, 2.75) is 59.2 Å². The molecular weight excluding hydrogens is 300 g/mol. The molecule has 0 spiro atoms. The van der Waals surface area contributed by atoms with Crippen LogP contribution in [0.15, 0.2) is 24.5 Å². The van der Waals surface area contributed by atoms with Gasteiger partial charge in [-0.3, -0.25) is 0 Å². The molecule has 23 heavy (non-hydrogen) atoms. The average Bonchev–Trinajstić information content (AvgIpc) is 2.40. The quantitative estimate of drug-likeness (QED) is 0.394. The summed E-state index contributed by atoms with van der Waals surface area (Å²) in [4.78, 5) is 0. The van der Waals surface area contributed by atoms with Gasteiger partial charge < -0.3 is 9.16 Å². The molecule has 0 aliphatic rings. The molecule has 0 heterocycles. The van der Waals surface area contributed by atoms with Crippen LogP contribution in [0.4, 0.5) is 0 Å². The lowest BCUT2D eigenvalue weighted by atomic mass is 9.88. The van der Waals surface area contributed by atoms with Gasteiger partial charge in [-0.15, -0.1) is 0 Å². The smallest absolute Gasteiger partial charge is 0.250 e. The van der Waals surface area contributed by atoms with Gasteiger partial charge in [0.05, 0.1) is 5.76 Å². The first-order chi connectivity index (χ1) is 10.4. The summed E-state index contributed by atoms with van der Waals surface area (Å²) in [6.07, 6.45) is 4.20. The van der Waals surface area contributed by atoms with Crippen molar-refractivity contribution in [3.05, 3.63) is 24.5 Å². The standard InChI is InChI=1S/C20H32O2Si/c1-18(22-23(8,9)19(2,3)4)20(5,6)16-14-12-10-11-13-15-17-21-7/h10-11H,1,16-17H2,2-9H3/b11-10-. The normalized spacial score (nSPS) is 12.2. The Bertz CT molecular complexity index is 540. The van der Waals surface area contributed by atoms with Crippen molar-refractivity contribution in [1.29, 1.82) is 0 Å². The number of methoxy groups -OCH3 is 1. The second-order valence-electron chi connectivity index (χ2n) is 7.75. The van der Waals surface area contributed by atoms with E-state index in [9.17, 15) is 0 Å². The van der Waals surface area contributed by atoms with Gasteiger partial charge in [-0.25, -0.2) is 0 Å². The van der Waals surface area contributed by atoms with Crippen LogP contribution in [0.1, 0.15) is 41.0 Å². The SMILES string of the molecule is C=C(O[Si](C)(C)C(C)(C)C)C(C)(C)CC#C/C=C\C#CCOC. The first-order valence-electron chi connectivity index (χ1n) is 7.93. The van der Waals surface area contributed by atoms with E-state index < -0.39 is 8.32 Å². The van der Waals surface area contributed by atoms with E-state index in [1.165, 1.54) is 0 Å². The minimum Gasteiger partial charge on any atom is -0.547 e. The fourth-order valence-corrected chi connectivity index (χ4v) is 2.48. The Hall–Kier alpha value is -1.42. The van der Waals surface area contributed by atoms with Crippen molar-refractivity contribution in [2.24, 2.45) is 5.41 Å². The van der Waals surface area contributed by atoms with Crippen molar-refractivity contribution in [3.63, 3.8) is 0 Å². The minimum absolute atomic E-state index is 0.168. The van der Waals surface area contributed by atoms with E-state index in [2.05, 4.69) is 78.0 Å². The van der Waals surface area contributed by atoms with Crippen LogP contribution in [0.25, 0.3) is 0 Å². The number of rotatable bonds is 5. The molecule has 0 N–H and O–H groups in total. The highest BCUT2D eigenvalue weighted by atomic mass is 28.4. The van der Waals surface area contributed by atoms with E-state index in [0.29, 0.717) is 13.0 Å². The highest BCUT2D eigenvalue weighted by Gasteiger charge is 2.41. The molecule has 0 aliphatic carbocycles. The van der Waals surface area contributed by atoms with Gasteiger partial charge in [-0.05, 0) is 30.3 Å². The highest BCUT2D eigenvalue weighted by Crippen LogP contribution is 2.41. The van der Waals surface area contributed by atoms with Gasteiger partial charge in [0.1, 0.15) is 6.61 Å². The molecule has 0 amide bonds. The summed E-state index contributed by atoms with van der Waals surface area (Å²) in [5, 5.41) is 0.168. The van der Waals surface area contributed by atoms with Gasteiger partial charge >= 0.3 is 0 Å². The van der Waals surface area contributed by atoms with Crippen LogP contribution in [0.5, 0.6) is 0 Å². The number of ether oxygens (including phenoxy) is 1. The van der Waals surface area contributed by atoms with Crippen molar-refractivity contribution < 1.29 is 9.16 Å². The van der Waals surface area contributed by atoms with Crippen LogP contribution < -0.4 is 0 Å². The molecule has 0 fully saturated rings. The van der Waals surface area contributed by atoms with Crippen LogP contribution in [-0.4, -0.2) is 22.0 Å². The Morgan fingerprint density at radius 3 is 2.04 bits per heavy atom. The summed E-state index contributed by atoms with van der Waals surface area (Å²) in [6.45, 7) is 20.0. The first-order valence-corrected chi connectivity index (χ1v) is 10.8. The number of hydrogen-bond acceptors (Lipinski definition) is 2. The lowest BCUT2D eigenvalue weighted by Gasteiger charge is -2.40. The summed E-state index contributed by atoms with van der Waals surface area (Å²) in [5.74, 6) is 12.7. The van der Waals surface area contributed by atoms with Crippen LogP contribution in [-0.2, 0) is 9.16 Å². The largest absolute Gasteiger partial charge is 0.547 e. The molecule has 0 rings (SSSR count). The molecule has 2 nitrogen and oxygen atoms in total. The third-order valence-electron chi connectivity index (χ3n) is 4.14. The molecule has 0 saturated heterocycles. The summed E-state index contributed by atoms with van der Waals surface area (Å²) in [5.41, 5.74) is -0.169. The molecule has 3 heteroatoms. The zero-order chi connectivity index (χ0) is 18.1. The summed E-state index contributed by atoms with van der Waals surface area (Å²) in [7, 11) is -0.219. The van der Waals surface area contributed by atoms with E-state index in [1.54, 1.807) is 19.3 Å². The Balaban J connectivity index is 4.66. The molecular formula is C20H32O2Si. The second kappa shape index (κ2) is 9.01. The predicted octanol–water partition coefficient (Wildman–Crippen LogP) is 5.15. The van der Waals surface area contributed by atoms with Crippen molar-refractivity contribution in [1.82, 2.24) is 0 Å². The van der Waals surface area contributed by atoms with Crippen LogP contribution in [0.2, 0.25) is 18.1 Å². The Morgan fingerprint density at radius 2 is 1.57 bits per heavy atom. The third kappa shape index (κ3) is 8.12. The molecule has 0 radical (unpaired) electrons. The number of allylic oxidation sites excluding steroid dienone is 3. The zero-order valence-corrected chi connectivity index (χ0v) is 17.1. The van der Waals surface area contributed by atoms with Gasteiger partial charge in [0.25, 0.3) is 0 Å². The molecule has 128 valence electrons. The maximum Gasteiger partial charge on any atom is 0.250 e. The average molecular weight is 333 g/mol. The lowest BCUT2D eigenvalue weighted by molar-refractivity contribution is 0.240. The zero-order valence-electron chi connectivity index (χ0n) is 16.1. The van der Waals surface area contributed by atoms with E-state index in [-0.39, 0.29) is 10.5 Å². The summed E-state index contributed by atoms with van der Waals surface area (Å²) >= 11 is 0. The monoisotopic (exact) mass is 332 g/mol. The van der Waals surface area contributed by atoms with E-state index in [0.717, 1.165) is 5.76 Å². The Kier molecular flexibility index (Phi) is 8.46. The third-order valence-corrected chi connectivity index (χ3v) is 8.51. The van der Waals surface area contributed by atoms with Crippen LogP contribution in [0, 0.1) is 29.1 Å². The fraction of sp³-hybridized carbons (Fsp3) is 0.600. The second-order valence-corrected chi connectivity index (χ2v) is 12.5. The van der Waals surface area contributed by atoms with E-state index in [1.807, 2.05) is 0 Å². The van der Waals surface area contributed by atoms with E-state index >= 15 is 0 Å². The Labute approximate surface area is 144 Å². The summed E-state index contributed by atoms with van der Waals surface area (Å²) < 4.78 is 11.2. The van der Waals surface area contributed by atoms with Gasteiger partial charge in [0.15, 0.2) is 0 Å². The molecule has 0 aromatic rings. The molecule has 0 aromatic heterocycles. The van der Waals surface area contributed by atoms with Crippen LogP contribution in [0.3, 0.4) is 0 Å². The molecule has 0 atom stereocenters. The minimum atomic E-state index is -1.84. The van der Waals surface area contributed by atoms with Gasteiger partial charge in [0, 0.05) is 18.9 Å². The number of hydrogen-bond donors (Lipinski definition) is 0. The van der Waals surface area contributed by atoms with Gasteiger partial charge in [-0.1, -0.05) is 64.9 Å². The van der Waals surface area contributed by atoms with Crippen molar-refractivity contribution >= 4 is 8.32 Å². The van der Waals surface area contributed by atoms with Gasteiger partial charge in [0.2, 0.25) is 8.32 Å². The molecule has 0 bridgehead atoms. The highest BCUT2D eigenvalue weighted by molar-refractivity contribution is 6.74. The van der Waals surface area contributed by atoms with Gasteiger partial charge in [-0.2, -0.15) is 0 Å². The predicted molar refractivity (Wildman–Crippen MR) is 102 cm³/mol. The van der Waals surface area contributed by atoms with E-state index in [4.69, 9.17) is 9.16 Å². The van der Waals surface area contributed by atoms with Crippen LogP contribution >= 0.6 is 0 Å². The molecule has 0 unspecified atom stereocenters. The fourth-order valence-electron chi connectivity index (χ4n) is 1.28. The first kappa shape index (κ1) is 21.6.